The molecule has 0 unspecified atom stereocenters. The maximum atomic E-state index is 12.1. The first-order valence-electron chi connectivity index (χ1n) is 6.39. The Bertz CT molecular complexity index is 856. The fourth-order valence-electron chi connectivity index (χ4n) is 1.74. The molecule has 0 spiro atoms. The second-order valence-electron chi connectivity index (χ2n) is 4.63. The molecule has 7 nitrogen and oxygen atoms in total. The first-order chi connectivity index (χ1) is 11.2. The van der Waals surface area contributed by atoms with Gasteiger partial charge in [-0.05, 0) is 25.1 Å². The summed E-state index contributed by atoms with van der Waals surface area (Å²) in [5.74, 6) is -0.951. The fourth-order valence-corrected chi connectivity index (χ4v) is 2.34. The maximum absolute atomic E-state index is 12.1. The highest BCUT2D eigenvalue weighted by atomic mass is 35.5. The summed E-state index contributed by atoms with van der Waals surface area (Å²) < 4.78 is 0. The first-order valence-corrected chi connectivity index (χ1v) is 7.52. The van der Waals surface area contributed by atoms with Crippen molar-refractivity contribution in [2.24, 2.45) is 5.10 Å². The summed E-state index contributed by atoms with van der Waals surface area (Å²) in [6.45, 7) is 1.52. The van der Waals surface area contributed by atoms with Gasteiger partial charge in [0, 0.05) is 5.56 Å². The SMILES string of the molecule is C/C(=N\NC(=O)c1nc(Cl)c(Cl)c(N)c1Cl)c1cc(O)ccc1O. The van der Waals surface area contributed by atoms with Crippen molar-refractivity contribution in [3.05, 3.63) is 44.7 Å². The molecule has 2 rings (SSSR count). The Balaban J connectivity index is 2.29. The van der Waals surface area contributed by atoms with Crippen molar-refractivity contribution in [1.82, 2.24) is 10.4 Å². The highest BCUT2D eigenvalue weighted by Gasteiger charge is 2.19. The first kappa shape index (κ1) is 18.1. The van der Waals surface area contributed by atoms with Gasteiger partial charge in [-0.25, -0.2) is 10.4 Å². The Hall–Kier alpha value is -2.22. The van der Waals surface area contributed by atoms with Crippen LogP contribution in [0.25, 0.3) is 0 Å². The van der Waals surface area contributed by atoms with Gasteiger partial charge in [-0.1, -0.05) is 34.8 Å². The molecule has 0 fully saturated rings. The van der Waals surface area contributed by atoms with Crippen LogP contribution in [0.2, 0.25) is 15.2 Å². The number of rotatable bonds is 3. The minimum atomic E-state index is -0.774. The molecule has 1 amide bonds. The van der Waals surface area contributed by atoms with E-state index in [1.165, 1.54) is 25.1 Å². The lowest BCUT2D eigenvalue weighted by atomic mass is 10.1. The summed E-state index contributed by atoms with van der Waals surface area (Å²) in [6.07, 6.45) is 0. The van der Waals surface area contributed by atoms with Gasteiger partial charge in [-0.2, -0.15) is 5.10 Å². The number of phenolic OH excluding ortho intramolecular Hbond substituents is 2. The Morgan fingerprint density at radius 1 is 1.25 bits per heavy atom. The van der Waals surface area contributed by atoms with Crippen molar-refractivity contribution in [3.63, 3.8) is 0 Å². The van der Waals surface area contributed by atoms with Crippen molar-refractivity contribution in [2.45, 2.75) is 6.92 Å². The number of halogens is 3. The predicted molar refractivity (Wildman–Crippen MR) is 93.1 cm³/mol. The predicted octanol–water partition coefficient (Wildman–Crippen LogP) is 3.19. The third kappa shape index (κ3) is 3.64. The molecular weight excluding hydrogens is 379 g/mol. The molecular formula is C14H11Cl3N4O3. The second-order valence-corrected chi connectivity index (χ2v) is 5.75. The Morgan fingerprint density at radius 3 is 2.58 bits per heavy atom. The van der Waals surface area contributed by atoms with Crippen molar-refractivity contribution in [1.29, 1.82) is 0 Å². The van der Waals surface area contributed by atoms with E-state index < -0.39 is 5.91 Å². The van der Waals surface area contributed by atoms with E-state index in [2.05, 4.69) is 15.5 Å². The van der Waals surface area contributed by atoms with Crippen LogP contribution in [0.15, 0.2) is 23.3 Å². The van der Waals surface area contributed by atoms with Gasteiger partial charge in [-0.15, -0.1) is 0 Å². The van der Waals surface area contributed by atoms with E-state index in [9.17, 15) is 15.0 Å². The van der Waals surface area contributed by atoms with Crippen LogP contribution in [0.1, 0.15) is 23.0 Å². The van der Waals surface area contributed by atoms with E-state index in [1.807, 2.05) is 0 Å². The number of carbonyl (C=O) groups is 1. The Morgan fingerprint density at radius 2 is 1.92 bits per heavy atom. The Kier molecular flexibility index (Phi) is 5.38. The average molecular weight is 390 g/mol. The van der Waals surface area contributed by atoms with Crippen molar-refractivity contribution < 1.29 is 15.0 Å². The van der Waals surface area contributed by atoms with Gasteiger partial charge in [0.1, 0.15) is 16.5 Å². The summed E-state index contributed by atoms with van der Waals surface area (Å²) in [4.78, 5) is 15.9. The van der Waals surface area contributed by atoms with Crippen LogP contribution < -0.4 is 11.2 Å². The number of benzene rings is 1. The molecule has 1 heterocycles. The van der Waals surface area contributed by atoms with Crippen molar-refractivity contribution in [3.8, 4) is 11.5 Å². The summed E-state index contributed by atoms with van der Waals surface area (Å²) in [5.41, 5.74) is 8.00. The highest BCUT2D eigenvalue weighted by molar-refractivity contribution is 6.46. The zero-order valence-corrected chi connectivity index (χ0v) is 14.4. The molecule has 0 radical (unpaired) electrons. The van der Waals surface area contributed by atoms with Crippen LogP contribution in [0.3, 0.4) is 0 Å². The second kappa shape index (κ2) is 7.12. The van der Waals surface area contributed by atoms with Crippen LogP contribution in [-0.2, 0) is 0 Å². The molecule has 126 valence electrons. The molecule has 5 N–H and O–H groups in total. The number of carbonyl (C=O) groups excluding carboxylic acids is 1. The molecule has 0 saturated carbocycles. The highest BCUT2D eigenvalue weighted by Crippen LogP contribution is 2.34. The average Bonchev–Trinajstić information content (AvgIpc) is 2.55. The maximum Gasteiger partial charge on any atom is 0.291 e. The molecule has 10 heteroatoms. The molecule has 1 aromatic heterocycles. The zero-order valence-electron chi connectivity index (χ0n) is 12.1. The van der Waals surface area contributed by atoms with Crippen molar-refractivity contribution in [2.75, 3.05) is 5.73 Å². The number of anilines is 1. The number of nitrogen functional groups attached to an aromatic ring is 1. The van der Waals surface area contributed by atoms with Crippen LogP contribution in [0.4, 0.5) is 5.69 Å². The molecule has 0 saturated heterocycles. The largest absolute Gasteiger partial charge is 0.508 e. The van der Waals surface area contributed by atoms with Crippen molar-refractivity contribution >= 4 is 52.1 Å². The normalized spacial score (nSPS) is 11.4. The van der Waals surface area contributed by atoms with Crippen LogP contribution in [-0.4, -0.2) is 26.8 Å². The third-order valence-corrected chi connectivity index (χ3v) is 4.12. The standard InChI is InChI=1S/C14H11Cl3N4O3/c1-5(7-4-6(22)2-3-8(7)23)20-21-14(24)12-9(15)11(18)10(16)13(17)19-12/h2-4,22-23H,1H3,(H2,18,19)(H,21,24)/b20-5+. The quantitative estimate of drug-likeness (QED) is 0.278. The number of nitrogens with zero attached hydrogens (tertiary/aromatic N) is 2. The van der Waals surface area contributed by atoms with Gasteiger partial charge in [0.25, 0.3) is 5.91 Å². The summed E-state index contributed by atoms with van der Waals surface area (Å²) in [6, 6.07) is 3.90. The van der Waals surface area contributed by atoms with Crippen LogP contribution in [0.5, 0.6) is 11.5 Å². The number of phenols is 2. The number of aromatic nitrogens is 1. The summed E-state index contributed by atoms with van der Waals surface area (Å²) >= 11 is 17.5. The zero-order chi connectivity index (χ0) is 18.0. The molecule has 0 aliphatic carbocycles. The lowest BCUT2D eigenvalue weighted by Crippen LogP contribution is -2.21. The number of hydrogen-bond donors (Lipinski definition) is 4. The minimum absolute atomic E-state index is 0.0532. The lowest BCUT2D eigenvalue weighted by Gasteiger charge is -2.09. The van der Waals surface area contributed by atoms with Crippen LogP contribution >= 0.6 is 34.8 Å². The van der Waals surface area contributed by atoms with Gasteiger partial charge in [0.2, 0.25) is 0 Å². The molecule has 0 bridgehead atoms. The Labute approximate surface area is 151 Å². The number of nitrogens with one attached hydrogen (secondary N) is 1. The molecule has 0 aliphatic rings. The smallest absolute Gasteiger partial charge is 0.291 e. The summed E-state index contributed by atoms with van der Waals surface area (Å²) in [7, 11) is 0. The number of pyridine rings is 1. The topological polar surface area (TPSA) is 121 Å². The van der Waals surface area contributed by atoms with E-state index in [1.54, 1.807) is 0 Å². The lowest BCUT2D eigenvalue weighted by molar-refractivity contribution is 0.0950. The number of aromatic hydroxyl groups is 2. The molecule has 0 aliphatic heterocycles. The van der Waals surface area contributed by atoms with E-state index in [0.717, 1.165) is 0 Å². The van der Waals surface area contributed by atoms with Gasteiger partial charge in [-0.3, -0.25) is 4.79 Å². The van der Waals surface area contributed by atoms with E-state index in [4.69, 9.17) is 40.5 Å². The molecule has 0 atom stereocenters. The number of amides is 1. The number of hydrazone groups is 1. The minimum Gasteiger partial charge on any atom is -0.508 e. The van der Waals surface area contributed by atoms with Gasteiger partial charge < -0.3 is 15.9 Å². The third-order valence-electron chi connectivity index (χ3n) is 2.98. The summed E-state index contributed by atoms with van der Waals surface area (Å²) in [5, 5.41) is 22.6. The van der Waals surface area contributed by atoms with E-state index in [0.29, 0.717) is 0 Å². The number of nitrogens with two attached hydrogens (primary N) is 1. The van der Waals surface area contributed by atoms with Gasteiger partial charge in [0.05, 0.1) is 16.4 Å². The number of hydrogen-bond acceptors (Lipinski definition) is 6. The molecule has 2 aromatic rings. The fraction of sp³-hybridized carbons (Fsp3) is 0.0714. The van der Waals surface area contributed by atoms with Crippen LogP contribution in [0, 0.1) is 0 Å². The van der Waals surface area contributed by atoms with Gasteiger partial charge >= 0.3 is 0 Å². The molecule has 1 aromatic carbocycles. The molecule has 24 heavy (non-hydrogen) atoms. The van der Waals surface area contributed by atoms with E-state index in [-0.39, 0.29) is 49.4 Å². The van der Waals surface area contributed by atoms with E-state index >= 15 is 0 Å². The monoisotopic (exact) mass is 388 g/mol. The van der Waals surface area contributed by atoms with Gasteiger partial charge in [0.15, 0.2) is 10.8 Å².